The molecule has 6 nitrogen and oxygen atoms in total. The van der Waals surface area contributed by atoms with Crippen molar-refractivity contribution in [2.45, 2.75) is 31.3 Å². The molecule has 0 saturated carbocycles. The number of nitrogens with one attached hydrogen (secondary N) is 1. The van der Waals surface area contributed by atoms with Crippen molar-refractivity contribution < 1.29 is 13.2 Å². The average molecular weight is 380 g/mol. The zero-order valence-corrected chi connectivity index (χ0v) is 15.5. The van der Waals surface area contributed by atoms with Gasteiger partial charge in [-0.2, -0.15) is 0 Å². The number of para-hydroxylation sites is 1. The van der Waals surface area contributed by atoms with E-state index in [4.69, 9.17) is 4.98 Å². The topological polar surface area (TPSA) is 79.4 Å². The minimum atomic E-state index is -2.97. The smallest absolute Gasteiger partial charge is 0.234 e. The molecule has 1 amide bonds. The summed E-state index contributed by atoms with van der Waals surface area (Å²) in [5, 5.41) is 3.95. The van der Waals surface area contributed by atoms with Gasteiger partial charge in [-0.3, -0.25) is 9.69 Å². The molecule has 0 radical (unpaired) electrons. The van der Waals surface area contributed by atoms with Gasteiger partial charge < -0.3 is 5.32 Å². The maximum Gasteiger partial charge on any atom is 0.234 e. The molecule has 1 N–H and O–H groups in total. The summed E-state index contributed by atoms with van der Waals surface area (Å²) in [7, 11) is -2.97. The first-order valence-corrected chi connectivity index (χ1v) is 11.2. The van der Waals surface area contributed by atoms with Crippen LogP contribution in [0.25, 0.3) is 10.2 Å². The number of rotatable bonds is 4. The third kappa shape index (κ3) is 3.70. The van der Waals surface area contributed by atoms with Gasteiger partial charge in [-0.1, -0.05) is 12.1 Å². The van der Waals surface area contributed by atoms with E-state index in [9.17, 15) is 13.2 Å². The summed E-state index contributed by atoms with van der Waals surface area (Å²) in [6.45, 7) is 1.17. The Kier molecular flexibility index (Phi) is 4.51. The summed E-state index contributed by atoms with van der Waals surface area (Å²) < 4.78 is 24.2. The van der Waals surface area contributed by atoms with Crippen molar-refractivity contribution >= 4 is 37.3 Å². The number of aromatic nitrogens is 1. The molecule has 134 valence electrons. The highest BCUT2D eigenvalue weighted by molar-refractivity contribution is 7.91. The summed E-state index contributed by atoms with van der Waals surface area (Å²) in [6.07, 6.45) is 2.58. The molecule has 2 aromatic rings. The molecule has 2 aliphatic rings. The second-order valence-electron chi connectivity index (χ2n) is 6.82. The Hall–Kier alpha value is -1.51. The highest BCUT2D eigenvalue weighted by Gasteiger charge is 2.32. The number of amides is 1. The SMILES string of the molecule is O=C(CN1CCC[C@H]1c1nc2ccccc2s1)N[C@@H]1CCS(=O)(=O)C1. The van der Waals surface area contributed by atoms with E-state index in [1.165, 1.54) is 4.70 Å². The molecule has 2 atom stereocenters. The Balaban J connectivity index is 1.42. The van der Waals surface area contributed by atoms with Crippen LogP contribution in [-0.4, -0.2) is 54.8 Å². The number of fused-ring (bicyclic) bond motifs is 1. The lowest BCUT2D eigenvalue weighted by Gasteiger charge is -2.23. The average Bonchev–Trinajstić information content (AvgIpc) is 3.25. The van der Waals surface area contributed by atoms with Gasteiger partial charge in [0, 0.05) is 6.04 Å². The molecule has 0 spiro atoms. The van der Waals surface area contributed by atoms with E-state index in [1.54, 1.807) is 11.3 Å². The molecule has 3 heterocycles. The Morgan fingerprint density at radius 1 is 1.32 bits per heavy atom. The summed E-state index contributed by atoms with van der Waals surface area (Å²) in [6, 6.07) is 8.03. The molecule has 8 heteroatoms. The fourth-order valence-corrected chi connectivity index (χ4v) is 6.50. The lowest BCUT2D eigenvalue weighted by Crippen LogP contribution is -2.42. The van der Waals surface area contributed by atoms with Crippen LogP contribution in [0, 0.1) is 0 Å². The maximum atomic E-state index is 12.4. The van der Waals surface area contributed by atoms with Crippen LogP contribution in [0.4, 0.5) is 0 Å². The Morgan fingerprint density at radius 2 is 2.16 bits per heavy atom. The summed E-state index contributed by atoms with van der Waals surface area (Å²) >= 11 is 1.69. The fraction of sp³-hybridized carbons (Fsp3) is 0.529. The standard InChI is InChI=1S/C17H21N3O3S2/c21-16(18-12-7-9-25(22,23)11-12)10-20-8-3-5-14(20)17-19-13-4-1-2-6-15(13)24-17/h1-2,4,6,12,14H,3,5,7-11H2,(H,18,21)/t12-,14+/m1/s1. The van der Waals surface area contributed by atoms with Crippen LogP contribution < -0.4 is 5.32 Å². The van der Waals surface area contributed by atoms with Crippen LogP contribution in [0.2, 0.25) is 0 Å². The van der Waals surface area contributed by atoms with Gasteiger partial charge in [-0.25, -0.2) is 13.4 Å². The van der Waals surface area contributed by atoms with E-state index in [2.05, 4.69) is 16.3 Å². The number of nitrogens with zero attached hydrogens (tertiary/aromatic N) is 2. The van der Waals surface area contributed by atoms with E-state index in [-0.39, 0.29) is 29.5 Å². The molecule has 0 unspecified atom stereocenters. The zero-order chi connectivity index (χ0) is 17.4. The maximum absolute atomic E-state index is 12.4. The first kappa shape index (κ1) is 16.9. The summed E-state index contributed by atoms with van der Waals surface area (Å²) in [4.78, 5) is 19.3. The number of hydrogen-bond acceptors (Lipinski definition) is 6. The Morgan fingerprint density at radius 3 is 2.92 bits per heavy atom. The quantitative estimate of drug-likeness (QED) is 0.875. The highest BCUT2D eigenvalue weighted by atomic mass is 32.2. The number of thiazole rings is 1. The van der Waals surface area contributed by atoms with Crippen LogP contribution in [0.5, 0.6) is 0 Å². The minimum absolute atomic E-state index is 0.0695. The number of likely N-dealkylation sites (tertiary alicyclic amines) is 1. The molecule has 2 saturated heterocycles. The monoisotopic (exact) mass is 379 g/mol. The third-order valence-corrected chi connectivity index (χ3v) is 7.81. The van der Waals surface area contributed by atoms with Gasteiger partial charge in [0.25, 0.3) is 0 Å². The molecule has 25 heavy (non-hydrogen) atoms. The van der Waals surface area contributed by atoms with Crippen molar-refractivity contribution in [2.24, 2.45) is 0 Å². The second kappa shape index (κ2) is 6.66. The zero-order valence-electron chi connectivity index (χ0n) is 13.8. The number of hydrogen-bond donors (Lipinski definition) is 1. The molecular weight excluding hydrogens is 358 g/mol. The van der Waals surface area contributed by atoms with Gasteiger partial charge in [-0.15, -0.1) is 11.3 Å². The Labute approximate surface area is 151 Å². The largest absolute Gasteiger partial charge is 0.351 e. The normalized spacial score (nSPS) is 26.2. The van der Waals surface area contributed by atoms with Crippen molar-refractivity contribution in [1.82, 2.24) is 15.2 Å². The van der Waals surface area contributed by atoms with Crippen molar-refractivity contribution in [3.63, 3.8) is 0 Å². The van der Waals surface area contributed by atoms with Crippen molar-refractivity contribution in [2.75, 3.05) is 24.6 Å². The molecule has 1 aromatic heterocycles. The van der Waals surface area contributed by atoms with Crippen molar-refractivity contribution in [3.8, 4) is 0 Å². The first-order valence-electron chi connectivity index (χ1n) is 8.59. The van der Waals surface area contributed by atoms with E-state index in [0.717, 1.165) is 29.9 Å². The number of carbonyl (C=O) groups is 1. The van der Waals surface area contributed by atoms with Gasteiger partial charge in [0.2, 0.25) is 5.91 Å². The van der Waals surface area contributed by atoms with Gasteiger partial charge >= 0.3 is 0 Å². The lowest BCUT2D eigenvalue weighted by molar-refractivity contribution is -0.123. The van der Waals surface area contributed by atoms with Crippen molar-refractivity contribution in [1.29, 1.82) is 0 Å². The molecule has 4 rings (SSSR count). The van der Waals surface area contributed by atoms with E-state index in [1.807, 2.05) is 18.2 Å². The second-order valence-corrected chi connectivity index (χ2v) is 10.1. The predicted octanol–water partition coefficient (Wildman–Crippen LogP) is 1.74. The van der Waals surface area contributed by atoms with Gasteiger partial charge in [0.1, 0.15) is 5.01 Å². The van der Waals surface area contributed by atoms with Crippen LogP contribution in [0.3, 0.4) is 0 Å². The predicted molar refractivity (Wildman–Crippen MR) is 98.4 cm³/mol. The van der Waals surface area contributed by atoms with Gasteiger partial charge in [-0.05, 0) is 37.9 Å². The molecular formula is C17H21N3O3S2. The number of sulfone groups is 1. The molecule has 0 bridgehead atoms. The Bertz CT molecular complexity index is 860. The van der Waals surface area contributed by atoms with Crippen LogP contribution in [0.15, 0.2) is 24.3 Å². The van der Waals surface area contributed by atoms with Gasteiger partial charge in [0.15, 0.2) is 9.84 Å². The van der Waals surface area contributed by atoms with E-state index >= 15 is 0 Å². The first-order chi connectivity index (χ1) is 12.0. The van der Waals surface area contributed by atoms with Crippen LogP contribution in [0.1, 0.15) is 30.3 Å². The number of carbonyl (C=O) groups excluding carboxylic acids is 1. The van der Waals surface area contributed by atoms with Crippen LogP contribution in [-0.2, 0) is 14.6 Å². The van der Waals surface area contributed by atoms with E-state index < -0.39 is 9.84 Å². The minimum Gasteiger partial charge on any atom is -0.351 e. The molecule has 1 aromatic carbocycles. The third-order valence-electron chi connectivity index (χ3n) is 4.90. The summed E-state index contributed by atoms with van der Waals surface area (Å²) in [5.41, 5.74) is 1.01. The van der Waals surface area contributed by atoms with E-state index in [0.29, 0.717) is 13.0 Å². The highest BCUT2D eigenvalue weighted by Crippen LogP contribution is 2.36. The summed E-state index contributed by atoms with van der Waals surface area (Å²) in [5.74, 6) is 0.158. The molecule has 0 aliphatic carbocycles. The molecule has 2 fully saturated rings. The van der Waals surface area contributed by atoms with Gasteiger partial charge in [0.05, 0.1) is 34.3 Å². The van der Waals surface area contributed by atoms with Crippen molar-refractivity contribution in [3.05, 3.63) is 29.3 Å². The molecule has 2 aliphatic heterocycles. The van der Waals surface area contributed by atoms with Crippen LogP contribution >= 0.6 is 11.3 Å². The lowest BCUT2D eigenvalue weighted by atomic mass is 10.2. The fourth-order valence-electron chi connectivity index (χ4n) is 3.69. The number of benzene rings is 1.